The van der Waals surface area contributed by atoms with Gasteiger partial charge in [0.1, 0.15) is 0 Å². The number of thioether (sulfide) groups is 1. The number of carbonyl (C=O) groups is 1. The molecule has 1 heterocycles. The molecule has 1 amide bonds. The first-order valence-corrected chi connectivity index (χ1v) is 9.70. The number of nitrogens with zero attached hydrogens (tertiary/aromatic N) is 1. The van der Waals surface area contributed by atoms with E-state index in [9.17, 15) is 18.0 Å². The third kappa shape index (κ3) is 4.97. The van der Waals surface area contributed by atoms with Gasteiger partial charge in [-0.1, -0.05) is 11.6 Å². The Morgan fingerprint density at radius 3 is 2.41 bits per heavy atom. The average molecular weight is 415 g/mol. The molecule has 1 aliphatic rings. The van der Waals surface area contributed by atoms with Crippen LogP contribution in [-0.4, -0.2) is 36.2 Å². The molecule has 0 aromatic heterocycles. The molecule has 0 atom stereocenters. The molecule has 0 saturated carbocycles. The van der Waals surface area contributed by atoms with Crippen LogP contribution in [0, 0.1) is 17.5 Å². The van der Waals surface area contributed by atoms with Gasteiger partial charge in [0.15, 0.2) is 17.5 Å². The van der Waals surface area contributed by atoms with E-state index in [-0.39, 0.29) is 5.69 Å². The van der Waals surface area contributed by atoms with Gasteiger partial charge in [-0.25, -0.2) is 13.2 Å². The summed E-state index contributed by atoms with van der Waals surface area (Å²) in [5, 5.41) is 3.34. The second-order valence-corrected chi connectivity index (χ2v) is 8.22. The zero-order valence-corrected chi connectivity index (χ0v) is 16.1. The minimum absolute atomic E-state index is 0.157. The quantitative estimate of drug-likeness (QED) is 0.698. The number of rotatable bonds is 4. The van der Waals surface area contributed by atoms with Crippen LogP contribution < -0.4 is 5.32 Å². The maximum Gasteiger partial charge on any atom is 0.255 e. The maximum atomic E-state index is 13.3. The fourth-order valence-corrected chi connectivity index (χ4v) is 4.28. The highest BCUT2D eigenvalue weighted by atomic mass is 35.5. The van der Waals surface area contributed by atoms with Crippen LogP contribution in [0.4, 0.5) is 18.9 Å². The lowest BCUT2D eigenvalue weighted by atomic mass is 10.1. The Bertz CT molecular complexity index is 834. The predicted octanol–water partition coefficient (Wildman–Crippen LogP) is 5.20. The summed E-state index contributed by atoms with van der Waals surface area (Å²) in [7, 11) is 2.08. The maximum absolute atomic E-state index is 13.3. The van der Waals surface area contributed by atoms with Crippen LogP contribution in [0.2, 0.25) is 5.02 Å². The molecule has 3 rings (SSSR count). The average Bonchev–Trinajstić information content (AvgIpc) is 2.63. The lowest BCUT2D eigenvalue weighted by molar-refractivity contribution is 0.102. The molecule has 27 heavy (non-hydrogen) atoms. The van der Waals surface area contributed by atoms with Gasteiger partial charge in [-0.2, -0.15) is 0 Å². The summed E-state index contributed by atoms with van der Waals surface area (Å²) in [6.45, 7) is 2.02. The summed E-state index contributed by atoms with van der Waals surface area (Å²) in [6, 6.07) is 6.30. The predicted molar refractivity (Wildman–Crippen MR) is 102 cm³/mol. The number of benzene rings is 2. The number of halogens is 4. The SMILES string of the molecule is CN1CCC(Sc2cc(C(=O)Nc3cc(F)c(F)c(F)c3)ccc2Cl)CC1. The van der Waals surface area contributed by atoms with Gasteiger partial charge in [-0.15, -0.1) is 11.8 Å². The van der Waals surface area contributed by atoms with Crippen molar-refractivity contribution in [3.8, 4) is 0 Å². The Balaban J connectivity index is 1.74. The Morgan fingerprint density at radius 2 is 1.78 bits per heavy atom. The highest BCUT2D eigenvalue weighted by molar-refractivity contribution is 8.00. The van der Waals surface area contributed by atoms with Crippen molar-refractivity contribution in [3.05, 3.63) is 58.4 Å². The first kappa shape index (κ1) is 20.0. The van der Waals surface area contributed by atoms with E-state index in [1.165, 1.54) is 6.07 Å². The Labute approximate surface area is 164 Å². The smallest absolute Gasteiger partial charge is 0.255 e. The molecule has 2 aromatic carbocycles. The van der Waals surface area contributed by atoms with Crippen molar-refractivity contribution >= 4 is 35.0 Å². The van der Waals surface area contributed by atoms with E-state index in [1.54, 1.807) is 23.9 Å². The number of nitrogens with one attached hydrogen (secondary N) is 1. The van der Waals surface area contributed by atoms with E-state index in [2.05, 4.69) is 17.3 Å². The number of hydrogen-bond acceptors (Lipinski definition) is 3. The van der Waals surface area contributed by atoms with Gasteiger partial charge in [0.2, 0.25) is 0 Å². The van der Waals surface area contributed by atoms with E-state index in [0.717, 1.165) is 43.0 Å². The molecule has 1 saturated heterocycles. The van der Waals surface area contributed by atoms with E-state index in [1.807, 2.05) is 0 Å². The fraction of sp³-hybridized carbons (Fsp3) is 0.316. The summed E-state index contributed by atoms with van der Waals surface area (Å²) in [6.07, 6.45) is 2.06. The van der Waals surface area contributed by atoms with Crippen molar-refractivity contribution in [2.45, 2.75) is 23.0 Å². The molecule has 2 aromatic rings. The zero-order chi connectivity index (χ0) is 19.6. The monoisotopic (exact) mass is 414 g/mol. The van der Waals surface area contributed by atoms with Crippen molar-refractivity contribution in [1.82, 2.24) is 4.90 Å². The third-order valence-electron chi connectivity index (χ3n) is 4.39. The topological polar surface area (TPSA) is 32.3 Å². The van der Waals surface area contributed by atoms with Crippen LogP contribution >= 0.6 is 23.4 Å². The number of piperidine rings is 1. The number of amides is 1. The number of anilines is 1. The molecule has 0 spiro atoms. The molecule has 0 aliphatic carbocycles. The van der Waals surface area contributed by atoms with Crippen molar-refractivity contribution in [2.75, 3.05) is 25.5 Å². The van der Waals surface area contributed by atoms with Gasteiger partial charge < -0.3 is 10.2 Å². The Hall–Kier alpha value is -1.70. The van der Waals surface area contributed by atoms with Gasteiger partial charge >= 0.3 is 0 Å². The standard InChI is InChI=1S/C19H18ClF3N2OS/c1-25-6-4-13(5-7-25)27-17-8-11(2-3-14(17)20)19(26)24-12-9-15(21)18(23)16(22)10-12/h2-3,8-10,13H,4-7H2,1H3,(H,24,26). The minimum Gasteiger partial charge on any atom is -0.322 e. The summed E-state index contributed by atoms with van der Waals surface area (Å²) >= 11 is 7.89. The van der Waals surface area contributed by atoms with Crippen LogP contribution in [0.15, 0.2) is 35.2 Å². The number of likely N-dealkylation sites (tertiary alicyclic amines) is 1. The third-order valence-corrected chi connectivity index (χ3v) is 6.23. The van der Waals surface area contributed by atoms with Crippen molar-refractivity contribution < 1.29 is 18.0 Å². The van der Waals surface area contributed by atoms with Gasteiger partial charge in [0, 0.05) is 33.5 Å². The second-order valence-electron chi connectivity index (χ2n) is 6.47. The Kier molecular flexibility index (Phi) is 6.34. The van der Waals surface area contributed by atoms with E-state index >= 15 is 0 Å². The van der Waals surface area contributed by atoms with Crippen molar-refractivity contribution in [3.63, 3.8) is 0 Å². The van der Waals surface area contributed by atoms with Crippen LogP contribution in [-0.2, 0) is 0 Å². The molecular weight excluding hydrogens is 397 g/mol. The second kappa shape index (κ2) is 8.54. The van der Waals surface area contributed by atoms with E-state index in [4.69, 9.17) is 11.6 Å². The number of hydrogen-bond donors (Lipinski definition) is 1. The van der Waals surface area contributed by atoms with Crippen LogP contribution in [0.1, 0.15) is 23.2 Å². The summed E-state index contributed by atoms with van der Waals surface area (Å²) < 4.78 is 39.6. The first-order chi connectivity index (χ1) is 12.8. The summed E-state index contributed by atoms with van der Waals surface area (Å²) in [4.78, 5) is 15.5. The molecule has 1 aliphatic heterocycles. The molecule has 1 fully saturated rings. The normalized spacial score (nSPS) is 15.7. The van der Waals surface area contributed by atoms with Crippen LogP contribution in [0.25, 0.3) is 0 Å². The molecule has 0 radical (unpaired) electrons. The van der Waals surface area contributed by atoms with Gasteiger partial charge in [-0.3, -0.25) is 4.79 Å². The molecular formula is C19H18ClF3N2OS. The molecule has 3 nitrogen and oxygen atoms in total. The number of carbonyl (C=O) groups excluding carboxylic acids is 1. The van der Waals surface area contributed by atoms with Crippen LogP contribution in [0.3, 0.4) is 0 Å². The lowest BCUT2D eigenvalue weighted by Crippen LogP contribution is -2.31. The van der Waals surface area contributed by atoms with Crippen LogP contribution in [0.5, 0.6) is 0 Å². The first-order valence-electron chi connectivity index (χ1n) is 8.44. The molecule has 1 N–H and O–H groups in total. The molecule has 0 bridgehead atoms. The lowest BCUT2D eigenvalue weighted by Gasteiger charge is -2.28. The van der Waals surface area contributed by atoms with Crippen molar-refractivity contribution in [1.29, 1.82) is 0 Å². The fourth-order valence-electron chi connectivity index (χ4n) is 2.85. The summed E-state index contributed by atoms with van der Waals surface area (Å²) in [5.74, 6) is -4.85. The molecule has 0 unspecified atom stereocenters. The van der Waals surface area contributed by atoms with Gasteiger partial charge in [-0.05, 0) is 51.2 Å². The Morgan fingerprint density at radius 1 is 1.15 bits per heavy atom. The molecule has 144 valence electrons. The largest absolute Gasteiger partial charge is 0.322 e. The van der Waals surface area contributed by atoms with Gasteiger partial charge in [0.05, 0.1) is 5.02 Å². The molecule has 8 heteroatoms. The van der Waals surface area contributed by atoms with E-state index in [0.29, 0.717) is 15.8 Å². The van der Waals surface area contributed by atoms with Gasteiger partial charge in [0.25, 0.3) is 5.91 Å². The highest BCUT2D eigenvalue weighted by Gasteiger charge is 2.20. The van der Waals surface area contributed by atoms with E-state index < -0.39 is 23.4 Å². The van der Waals surface area contributed by atoms with Crippen molar-refractivity contribution in [2.24, 2.45) is 0 Å². The minimum atomic E-state index is -1.57. The highest BCUT2D eigenvalue weighted by Crippen LogP contribution is 2.35. The summed E-state index contributed by atoms with van der Waals surface area (Å²) in [5.41, 5.74) is 0.149. The zero-order valence-electron chi connectivity index (χ0n) is 14.6.